The third-order valence-corrected chi connectivity index (χ3v) is 7.81. The van der Waals surface area contributed by atoms with E-state index in [-0.39, 0.29) is 27.5 Å². The molecule has 0 amide bonds. The second-order valence-corrected chi connectivity index (χ2v) is 11.7. The van der Waals surface area contributed by atoms with E-state index >= 15 is 0 Å². The summed E-state index contributed by atoms with van der Waals surface area (Å²) in [7, 11) is -3.85. The smallest absolute Gasteiger partial charge is 0.213 e. The number of hydrogen-bond acceptors (Lipinski definition) is 7. The molecule has 12 heteroatoms. The molecule has 0 aliphatic carbocycles. The summed E-state index contributed by atoms with van der Waals surface area (Å²) in [4.78, 5) is 17.6. The van der Waals surface area contributed by atoms with Crippen molar-refractivity contribution in [3.05, 3.63) is 106 Å². The van der Waals surface area contributed by atoms with Crippen molar-refractivity contribution in [2.45, 2.75) is 25.3 Å². The molecular formula is C28H23ClFN5O4S. The van der Waals surface area contributed by atoms with E-state index in [4.69, 9.17) is 11.6 Å². The maximum Gasteiger partial charge on any atom is 0.213 e. The Kier molecular flexibility index (Phi) is 7.13. The molecule has 0 saturated heterocycles. The number of benzene rings is 3. The van der Waals surface area contributed by atoms with E-state index in [0.717, 1.165) is 18.0 Å². The maximum absolute atomic E-state index is 15.0. The number of hydrogen-bond donors (Lipinski definition) is 1. The molecule has 204 valence electrons. The van der Waals surface area contributed by atoms with Gasteiger partial charge in [-0.25, -0.2) is 22.5 Å². The Hall–Kier alpha value is -4.19. The van der Waals surface area contributed by atoms with Gasteiger partial charge in [-0.2, -0.15) is 0 Å². The lowest BCUT2D eigenvalue weighted by atomic mass is 10.0. The van der Waals surface area contributed by atoms with Crippen LogP contribution in [-0.2, 0) is 16.4 Å². The molecule has 1 N–H and O–H groups in total. The van der Waals surface area contributed by atoms with Gasteiger partial charge < -0.3 is 9.67 Å². The number of sulfone groups is 1. The van der Waals surface area contributed by atoms with Crippen molar-refractivity contribution in [1.82, 2.24) is 24.5 Å². The Labute approximate surface area is 234 Å². The standard InChI is InChI=1S/C28H23ClFN5O4S/c1-16-14-34(17(2)32-16)24-9-6-19(20-10-23(30)22(15-36)27(12-20)40(3,38)39)11-25(24)35-26(13-31-33-35)28(37)18-4-7-21(29)8-5-18/h4-14,36H,15H2,1-3H3. The van der Waals surface area contributed by atoms with Gasteiger partial charge in [0.25, 0.3) is 0 Å². The number of aliphatic hydroxyl groups excluding tert-OH is 1. The first-order valence-corrected chi connectivity index (χ1v) is 14.3. The molecule has 0 fully saturated rings. The molecule has 0 aliphatic rings. The van der Waals surface area contributed by atoms with E-state index < -0.39 is 22.3 Å². The fraction of sp³-hybridized carbons (Fsp3) is 0.143. The molecular weight excluding hydrogens is 557 g/mol. The normalized spacial score (nSPS) is 11.7. The first kappa shape index (κ1) is 27.4. The monoisotopic (exact) mass is 579 g/mol. The summed E-state index contributed by atoms with van der Waals surface area (Å²) in [6, 6.07) is 14.0. The van der Waals surface area contributed by atoms with Gasteiger partial charge in [-0.05, 0) is 73.5 Å². The zero-order valence-corrected chi connectivity index (χ0v) is 23.2. The summed E-state index contributed by atoms with van der Waals surface area (Å²) in [5, 5.41) is 18.3. The average Bonchev–Trinajstić information content (AvgIpc) is 3.53. The first-order chi connectivity index (χ1) is 19.0. The van der Waals surface area contributed by atoms with Crippen molar-refractivity contribution >= 4 is 27.2 Å². The summed E-state index contributed by atoms with van der Waals surface area (Å²) >= 11 is 5.99. The lowest BCUT2D eigenvalue weighted by Crippen LogP contribution is -2.13. The molecule has 9 nitrogen and oxygen atoms in total. The molecule has 0 aliphatic heterocycles. The zero-order valence-electron chi connectivity index (χ0n) is 21.6. The second kappa shape index (κ2) is 10.4. The number of aromatic nitrogens is 5. The summed E-state index contributed by atoms with van der Waals surface area (Å²) in [6.45, 7) is 2.90. The third kappa shape index (κ3) is 5.06. The summed E-state index contributed by atoms with van der Waals surface area (Å²) in [5.41, 5.74) is 2.72. The molecule has 5 rings (SSSR count). The van der Waals surface area contributed by atoms with Crippen molar-refractivity contribution in [3.8, 4) is 22.5 Å². The number of carbonyl (C=O) groups is 1. The lowest BCUT2D eigenvalue weighted by molar-refractivity contribution is 0.103. The average molecular weight is 580 g/mol. The zero-order chi connectivity index (χ0) is 28.8. The van der Waals surface area contributed by atoms with E-state index in [9.17, 15) is 22.7 Å². The fourth-order valence-electron chi connectivity index (χ4n) is 4.52. The molecule has 0 radical (unpaired) electrons. The van der Waals surface area contributed by atoms with Gasteiger partial charge in [0, 0.05) is 28.6 Å². The summed E-state index contributed by atoms with van der Waals surface area (Å²) in [6.07, 6.45) is 4.12. The van der Waals surface area contributed by atoms with Crippen LogP contribution in [0.25, 0.3) is 22.5 Å². The molecule has 3 aromatic carbocycles. The topological polar surface area (TPSA) is 120 Å². The number of imidazole rings is 1. The predicted molar refractivity (Wildman–Crippen MR) is 147 cm³/mol. The molecule has 0 saturated carbocycles. The Morgan fingerprint density at radius 2 is 1.75 bits per heavy atom. The lowest BCUT2D eigenvalue weighted by Gasteiger charge is -2.16. The van der Waals surface area contributed by atoms with Crippen molar-refractivity contribution in [3.63, 3.8) is 0 Å². The van der Waals surface area contributed by atoms with Gasteiger partial charge in [0.2, 0.25) is 5.78 Å². The first-order valence-electron chi connectivity index (χ1n) is 12.0. The van der Waals surface area contributed by atoms with Gasteiger partial charge in [-0.1, -0.05) is 22.9 Å². The van der Waals surface area contributed by atoms with Gasteiger partial charge in [0.05, 0.1) is 34.8 Å². The molecule has 0 bridgehead atoms. The largest absolute Gasteiger partial charge is 0.392 e. The molecule has 5 aromatic rings. The van der Waals surface area contributed by atoms with E-state index in [1.807, 2.05) is 24.6 Å². The highest BCUT2D eigenvalue weighted by Gasteiger charge is 2.23. The van der Waals surface area contributed by atoms with Crippen LogP contribution in [0.2, 0.25) is 5.02 Å². The van der Waals surface area contributed by atoms with E-state index in [0.29, 0.717) is 33.3 Å². The van der Waals surface area contributed by atoms with Gasteiger partial charge >= 0.3 is 0 Å². The molecule has 0 spiro atoms. The van der Waals surface area contributed by atoms with Crippen LogP contribution < -0.4 is 0 Å². The number of nitrogens with zero attached hydrogens (tertiary/aromatic N) is 5. The Balaban J connectivity index is 1.74. The van der Waals surface area contributed by atoms with Gasteiger partial charge in [0.1, 0.15) is 17.3 Å². The van der Waals surface area contributed by atoms with Crippen LogP contribution in [0.5, 0.6) is 0 Å². The third-order valence-electron chi connectivity index (χ3n) is 6.40. The molecule has 2 heterocycles. The minimum Gasteiger partial charge on any atom is -0.392 e. The number of rotatable bonds is 7. The highest BCUT2D eigenvalue weighted by Crippen LogP contribution is 2.32. The van der Waals surface area contributed by atoms with Crippen LogP contribution >= 0.6 is 11.6 Å². The number of carbonyl (C=O) groups excluding carboxylic acids is 1. The Bertz CT molecular complexity index is 1880. The number of ketones is 1. The van der Waals surface area contributed by atoms with Crippen molar-refractivity contribution < 1.29 is 22.7 Å². The quantitative estimate of drug-likeness (QED) is 0.279. The highest BCUT2D eigenvalue weighted by molar-refractivity contribution is 7.90. The molecule has 0 atom stereocenters. The van der Waals surface area contributed by atoms with Gasteiger partial charge in [0.15, 0.2) is 9.84 Å². The van der Waals surface area contributed by atoms with Crippen LogP contribution in [0.1, 0.15) is 33.1 Å². The minimum atomic E-state index is -3.85. The van der Waals surface area contributed by atoms with Crippen molar-refractivity contribution in [2.75, 3.05) is 6.26 Å². The fourth-order valence-corrected chi connectivity index (χ4v) is 5.59. The Morgan fingerprint density at radius 1 is 1.02 bits per heavy atom. The van der Waals surface area contributed by atoms with Crippen LogP contribution in [0.4, 0.5) is 4.39 Å². The number of halogens is 2. The van der Waals surface area contributed by atoms with Crippen LogP contribution in [0, 0.1) is 19.7 Å². The number of aryl methyl sites for hydroxylation is 2. The van der Waals surface area contributed by atoms with Crippen LogP contribution in [-0.4, -0.2) is 50.1 Å². The van der Waals surface area contributed by atoms with Crippen LogP contribution in [0.15, 0.2) is 71.9 Å². The molecule has 0 unspecified atom stereocenters. The molecule has 40 heavy (non-hydrogen) atoms. The Morgan fingerprint density at radius 3 is 2.38 bits per heavy atom. The molecule has 2 aromatic heterocycles. The van der Waals surface area contributed by atoms with Gasteiger partial charge in [-0.3, -0.25) is 4.79 Å². The van der Waals surface area contributed by atoms with Gasteiger partial charge in [-0.15, -0.1) is 5.10 Å². The van der Waals surface area contributed by atoms with Crippen molar-refractivity contribution in [1.29, 1.82) is 0 Å². The maximum atomic E-state index is 15.0. The summed E-state index contributed by atoms with van der Waals surface area (Å²) < 4.78 is 43.0. The SMILES string of the molecule is Cc1cn(-c2ccc(-c3cc(F)c(CO)c(S(C)(=O)=O)c3)cc2-n2nncc2C(=O)c2ccc(Cl)cc2)c(C)n1. The second-order valence-electron chi connectivity index (χ2n) is 9.24. The van der Waals surface area contributed by atoms with Crippen LogP contribution in [0.3, 0.4) is 0 Å². The van der Waals surface area contributed by atoms with Crippen molar-refractivity contribution in [2.24, 2.45) is 0 Å². The highest BCUT2D eigenvalue weighted by atomic mass is 35.5. The number of aliphatic hydroxyl groups is 1. The van der Waals surface area contributed by atoms with E-state index in [1.54, 1.807) is 42.5 Å². The van der Waals surface area contributed by atoms with E-state index in [1.165, 1.54) is 16.9 Å². The predicted octanol–water partition coefficient (Wildman–Crippen LogP) is 4.66. The minimum absolute atomic E-state index is 0.161. The summed E-state index contributed by atoms with van der Waals surface area (Å²) in [5.74, 6) is -0.532. The van der Waals surface area contributed by atoms with E-state index in [2.05, 4.69) is 15.3 Å².